The van der Waals surface area contributed by atoms with Crippen molar-refractivity contribution in [2.75, 3.05) is 0 Å². The summed E-state index contributed by atoms with van der Waals surface area (Å²) in [6, 6.07) is 0. The molecule has 0 aliphatic rings. The Morgan fingerprint density at radius 1 is 0.550 bits per heavy atom. The summed E-state index contributed by atoms with van der Waals surface area (Å²) in [4.78, 5) is 0. The van der Waals surface area contributed by atoms with E-state index in [4.69, 9.17) is 15.8 Å². The first-order valence-electron chi connectivity index (χ1n) is 3.22. The maximum absolute atomic E-state index is 9.28. The summed E-state index contributed by atoms with van der Waals surface area (Å²) in [5, 5.41) is 54.2. The normalized spacial score (nSPS) is 8.85. The molecule has 0 heterocycles. The van der Waals surface area contributed by atoms with Crippen LogP contribution >= 0.6 is 0 Å². The van der Waals surface area contributed by atoms with Crippen LogP contribution in [0.4, 0.5) is 0 Å². The second-order valence-electron chi connectivity index (χ2n) is 1.72. The van der Waals surface area contributed by atoms with Crippen LogP contribution in [0.1, 0.15) is 20.8 Å². The van der Waals surface area contributed by atoms with Crippen molar-refractivity contribution in [3.05, 3.63) is 0 Å². The molecule has 0 aromatic rings. The van der Waals surface area contributed by atoms with Gasteiger partial charge in [0.05, 0.1) is 0 Å². The Balaban J connectivity index is -0.0000000160. The Hall–Kier alpha value is -1.82. The quantitative estimate of drug-likeness (QED) is 0.180. The van der Waals surface area contributed by atoms with Gasteiger partial charge in [-0.25, -0.2) is 0 Å². The van der Waals surface area contributed by atoms with E-state index in [1.165, 1.54) is 0 Å². The van der Waals surface area contributed by atoms with Gasteiger partial charge in [-0.2, -0.15) is 0 Å². The van der Waals surface area contributed by atoms with Crippen molar-refractivity contribution in [3.8, 4) is 0 Å². The van der Waals surface area contributed by atoms with Crippen LogP contribution in [0.25, 0.3) is 0 Å². The molecule has 0 spiro atoms. The summed E-state index contributed by atoms with van der Waals surface area (Å²) in [7, 11) is 0. The van der Waals surface area contributed by atoms with Gasteiger partial charge in [-0.1, -0.05) is 0 Å². The third-order valence-corrected chi connectivity index (χ3v) is 0.352. The zero-order chi connectivity index (χ0) is 12.9. The molecular formula is C6H17AlO13. The van der Waals surface area contributed by atoms with Crippen LogP contribution in [0.3, 0.4) is 0 Å². The standard InChI is InChI=1S/3C2H4O3.Al.4H2O/c3*1-2(3)5-4;;;;;/h3*3H,1H3;;4*1H2/q;;;+3;;;;/p-3. The van der Waals surface area contributed by atoms with E-state index in [0.29, 0.717) is 0 Å². The largest absolute Gasteiger partial charge is 3.00 e. The molecule has 0 saturated carbocycles. The first-order chi connectivity index (χ1) is 6.81. The number of hydrogen-bond donors (Lipinski definition) is 0. The van der Waals surface area contributed by atoms with Crippen LogP contribution in [0.2, 0.25) is 0 Å². The molecule has 122 valence electrons. The van der Waals surface area contributed by atoms with E-state index in [9.17, 15) is 15.3 Å². The molecule has 0 aromatic heterocycles. The SMILES string of the molecule is CC([O-])=[O+][O-].CC([O-])=[O+][O-].CC([O-])=[O+][O-].O.O.O.O.[Al+3]. The molecule has 0 fully saturated rings. The summed E-state index contributed by atoms with van der Waals surface area (Å²) in [6.45, 7) is 3.15. The number of carboxylic acid groups (broad SMARTS) is 3. The number of aliphatic carboxylic acids is 3. The molecule has 8 N–H and O–H groups in total. The smallest absolute Gasteiger partial charge is 0.719 e. The van der Waals surface area contributed by atoms with Gasteiger partial charge in [-0.05, 0) is 0 Å². The average Bonchev–Trinajstić information content (AvgIpc) is 2.19. The molecule has 0 radical (unpaired) electrons. The Bertz CT molecular complexity index is 175. The molecule has 0 saturated heterocycles. The van der Waals surface area contributed by atoms with Gasteiger partial charge in [0.2, 0.25) is 0 Å². The molecular weight excluding hydrogens is 307 g/mol. The zero-order valence-corrected chi connectivity index (χ0v) is 11.9. The van der Waals surface area contributed by atoms with Crippen molar-refractivity contribution in [2.24, 2.45) is 0 Å². The molecule has 20 heavy (non-hydrogen) atoms. The fourth-order valence-corrected chi connectivity index (χ4v) is 0. The van der Waals surface area contributed by atoms with Crippen molar-refractivity contribution >= 4 is 35.3 Å². The van der Waals surface area contributed by atoms with Gasteiger partial charge in [-0.3, -0.25) is 15.3 Å². The maximum atomic E-state index is 9.28. The predicted octanol–water partition coefficient (Wildman–Crippen LogP) is -11.0. The minimum absolute atomic E-state index is 0. The first kappa shape index (κ1) is 51.8. The average molecular weight is 324 g/mol. The van der Waals surface area contributed by atoms with Gasteiger partial charge in [-0.15, -0.1) is 0 Å². The molecule has 0 unspecified atom stereocenters. The van der Waals surface area contributed by atoms with Gasteiger partial charge < -0.3 is 51.4 Å². The Kier molecular flexibility index (Phi) is 112. The van der Waals surface area contributed by atoms with Gasteiger partial charge in [0.15, 0.2) is 0 Å². The van der Waals surface area contributed by atoms with Crippen LogP contribution in [-0.2, 0) is 13.7 Å². The molecule has 0 aliphatic carbocycles. The second kappa shape index (κ2) is 43.4. The van der Waals surface area contributed by atoms with Gasteiger partial charge >= 0.3 is 35.3 Å². The molecule has 0 amide bonds. The molecule has 13 nitrogen and oxygen atoms in total. The maximum Gasteiger partial charge on any atom is 3.00 e. The number of hydrogen-bond acceptors (Lipinski definition) is 6. The van der Waals surface area contributed by atoms with Crippen molar-refractivity contribution in [2.45, 2.75) is 20.8 Å². The minimum Gasteiger partial charge on any atom is -0.719 e. The molecule has 14 heteroatoms. The summed E-state index contributed by atoms with van der Waals surface area (Å²) in [6.07, 6.45) is 0. The van der Waals surface area contributed by atoms with Crippen molar-refractivity contribution in [3.63, 3.8) is 0 Å². The Morgan fingerprint density at radius 3 is 0.600 bits per heavy atom. The van der Waals surface area contributed by atoms with Crippen molar-refractivity contribution in [1.29, 1.82) is 0 Å². The van der Waals surface area contributed by atoms with Crippen LogP contribution in [0, 0.1) is 0 Å². The number of carboxylic acids is 3. The molecule has 0 atom stereocenters. The number of rotatable bonds is 0. The van der Waals surface area contributed by atoms with Crippen molar-refractivity contribution < 1.29 is 66.7 Å². The molecule has 0 aromatic carbocycles. The van der Waals surface area contributed by atoms with E-state index in [-0.39, 0.29) is 39.3 Å². The van der Waals surface area contributed by atoms with E-state index in [1.54, 1.807) is 0 Å². The van der Waals surface area contributed by atoms with Gasteiger partial charge in [0.1, 0.15) is 0 Å². The van der Waals surface area contributed by atoms with Crippen LogP contribution in [0.15, 0.2) is 0 Å². The van der Waals surface area contributed by atoms with Gasteiger partial charge in [0.25, 0.3) is 0 Å². The first-order valence-corrected chi connectivity index (χ1v) is 3.22. The third kappa shape index (κ3) is 213. The fraction of sp³-hybridized carbons (Fsp3) is 0.500. The molecule has 0 bridgehead atoms. The summed E-state index contributed by atoms with van der Waals surface area (Å²) >= 11 is 0. The molecule has 0 rings (SSSR count). The van der Waals surface area contributed by atoms with E-state index in [1.807, 2.05) is 0 Å². The summed E-state index contributed by atoms with van der Waals surface area (Å²) in [5.41, 5.74) is 0. The summed E-state index contributed by atoms with van der Waals surface area (Å²) in [5.74, 6) is -2.40. The topological polar surface area (TPSA) is 298 Å². The monoisotopic (exact) mass is 324 g/mol. The second-order valence-corrected chi connectivity index (χ2v) is 1.72. The number of carbonyl (C=O) groups excluding carboxylic acids is 3. The Morgan fingerprint density at radius 2 is 0.600 bits per heavy atom. The van der Waals surface area contributed by atoms with Crippen LogP contribution < -0.4 is 31.1 Å². The van der Waals surface area contributed by atoms with E-state index in [2.05, 4.69) is 13.7 Å². The van der Waals surface area contributed by atoms with Crippen LogP contribution in [-0.4, -0.2) is 57.2 Å². The van der Waals surface area contributed by atoms with Crippen LogP contribution in [0.5, 0.6) is 0 Å². The van der Waals surface area contributed by atoms with Gasteiger partial charge in [0, 0.05) is 20.8 Å². The fourth-order valence-electron chi connectivity index (χ4n) is 0. The predicted molar refractivity (Wildman–Crippen MR) is 52.3 cm³/mol. The minimum atomic E-state index is -0.801. The summed E-state index contributed by atoms with van der Waals surface area (Å²) < 4.78 is 8.58. The zero-order valence-electron chi connectivity index (χ0n) is 10.8. The van der Waals surface area contributed by atoms with E-state index in [0.717, 1.165) is 20.8 Å². The van der Waals surface area contributed by atoms with E-state index < -0.39 is 17.9 Å². The third-order valence-electron chi connectivity index (χ3n) is 0.352. The van der Waals surface area contributed by atoms with E-state index >= 15 is 0 Å². The Labute approximate surface area is 123 Å². The molecule has 0 aliphatic heterocycles. The van der Waals surface area contributed by atoms with Crippen molar-refractivity contribution in [1.82, 2.24) is 0 Å².